The molecule has 3 amide bonds. The Morgan fingerprint density at radius 3 is 2.09 bits per heavy atom. The Morgan fingerprint density at radius 1 is 0.909 bits per heavy atom. The predicted octanol–water partition coefficient (Wildman–Crippen LogP) is 2.80. The first-order chi connectivity index (χ1) is 10.6. The van der Waals surface area contributed by atoms with Crippen molar-refractivity contribution in [3.63, 3.8) is 0 Å². The van der Waals surface area contributed by atoms with Crippen LogP contribution in [0, 0.1) is 0 Å². The van der Waals surface area contributed by atoms with Crippen LogP contribution in [0.5, 0.6) is 5.75 Å². The number of urea groups is 1. The lowest BCUT2D eigenvalue weighted by molar-refractivity contribution is -0.114. The Kier molecular flexibility index (Phi) is 5.37. The number of nitrogens with one attached hydrogen (secondary N) is 3. The quantitative estimate of drug-likeness (QED) is 0.743. The average molecular weight is 299 g/mol. The molecule has 6 nitrogen and oxygen atoms in total. The van der Waals surface area contributed by atoms with Crippen LogP contribution in [0.15, 0.2) is 54.6 Å². The van der Waals surface area contributed by atoms with Crippen LogP contribution in [0.2, 0.25) is 0 Å². The molecule has 0 atom stereocenters. The van der Waals surface area contributed by atoms with E-state index in [1.807, 2.05) is 18.2 Å². The van der Waals surface area contributed by atoms with Crippen molar-refractivity contribution in [2.75, 3.05) is 17.4 Å². The summed E-state index contributed by atoms with van der Waals surface area (Å²) in [6.07, 6.45) is 0. The van der Waals surface area contributed by atoms with Crippen LogP contribution >= 0.6 is 0 Å². The lowest BCUT2D eigenvalue weighted by Crippen LogP contribution is -2.31. The molecule has 0 aliphatic rings. The van der Waals surface area contributed by atoms with Crippen molar-refractivity contribution in [1.82, 2.24) is 5.32 Å². The molecule has 22 heavy (non-hydrogen) atoms. The van der Waals surface area contributed by atoms with E-state index >= 15 is 0 Å². The number of hydrogen-bond acceptors (Lipinski definition) is 3. The second-order valence-corrected chi connectivity index (χ2v) is 4.49. The second kappa shape index (κ2) is 7.68. The zero-order valence-corrected chi connectivity index (χ0v) is 12.1. The van der Waals surface area contributed by atoms with Gasteiger partial charge in [0, 0.05) is 18.3 Å². The number of rotatable bonds is 5. The maximum Gasteiger partial charge on any atom is 0.321 e. The molecule has 0 fully saturated rings. The number of para-hydroxylation sites is 1. The van der Waals surface area contributed by atoms with E-state index in [-0.39, 0.29) is 18.7 Å². The van der Waals surface area contributed by atoms with Gasteiger partial charge in [0.25, 0.3) is 0 Å². The highest BCUT2D eigenvalue weighted by atomic mass is 16.5. The zero-order valence-electron chi connectivity index (χ0n) is 12.1. The van der Waals surface area contributed by atoms with Gasteiger partial charge in [-0.2, -0.15) is 0 Å². The van der Waals surface area contributed by atoms with Crippen LogP contribution in [0.3, 0.4) is 0 Å². The lowest BCUT2D eigenvalue weighted by atomic mass is 10.3. The molecule has 0 aliphatic carbocycles. The standard InChI is InChI=1S/C16H17N3O3/c1-12(20)18-13-7-9-14(10-8-13)19-16(21)17-11-22-15-5-3-2-4-6-15/h2-10H,11H2,1H3,(H,18,20)(H2,17,19,21). The Labute approximate surface area is 128 Å². The molecule has 6 heteroatoms. The van der Waals surface area contributed by atoms with Gasteiger partial charge >= 0.3 is 6.03 Å². The number of carbonyl (C=O) groups is 2. The number of carbonyl (C=O) groups excluding carboxylic acids is 2. The molecular weight excluding hydrogens is 282 g/mol. The molecule has 2 aromatic rings. The van der Waals surface area contributed by atoms with Gasteiger partial charge in [0.2, 0.25) is 5.91 Å². The fourth-order valence-corrected chi connectivity index (χ4v) is 1.72. The largest absolute Gasteiger partial charge is 0.473 e. The topological polar surface area (TPSA) is 79.5 Å². The molecule has 3 N–H and O–H groups in total. The van der Waals surface area contributed by atoms with Gasteiger partial charge in [-0.3, -0.25) is 4.79 Å². The third kappa shape index (κ3) is 5.16. The SMILES string of the molecule is CC(=O)Nc1ccc(NC(=O)NCOc2ccccc2)cc1. The highest BCUT2D eigenvalue weighted by molar-refractivity contribution is 5.91. The van der Waals surface area contributed by atoms with Gasteiger partial charge in [-0.25, -0.2) is 4.79 Å². The molecular formula is C16H17N3O3. The van der Waals surface area contributed by atoms with Crippen molar-refractivity contribution >= 4 is 23.3 Å². The third-order valence-corrected chi connectivity index (χ3v) is 2.68. The summed E-state index contributed by atoms with van der Waals surface area (Å²) < 4.78 is 5.36. The fraction of sp³-hybridized carbons (Fsp3) is 0.125. The molecule has 0 saturated carbocycles. The molecule has 2 rings (SSSR count). The first kappa shape index (κ1) is 15.4. The second-order valence-electron chi connectivity index (χ2n) is 4.49. The van der Waals surface area contributed by atoms with Crippen LogP contribution < -0.4 is 20.7 Å². The molecule has 0 aromatic heterocycles. The Hall–Kier alpha value is -3.02. The van der Waals surface area contributed by atoms with Crippen molar-refractivity contribution in [2.45, 2.75) is 6.92 Å². The lowest BCUT2D eigenvalue weighted by Gasteiger charge is -2.10. The van der Waals surface area contributed by atoms with Gasteiger partial charge in [-0.05, 0) is 36.4 Å². The van der Waals surface area contributed by atoms with E-state index in [1.165, 1.54) is 6.92 Å². The van der Waals surface area contributed by atoms with Gasteiger partial charge in [-0.15, -0.1) is 0 Å². The summed E-state index contributed by atoms with van der Waals surface area (Å²) in [4.78, 5) is 22.6. The molecule has 2 aromatic carbocycles. The predicted molar refractivity (Wildman–Crippen MR) is 84.8 cm³/mol. The van der Waals surface area contributed by atoms with Crippen LogP contribution in [0.4, 0.5) is 16.2 Å². The number of hydrogen-bond donors (Lipinski definition) is 3. The van der Waals surface area contributed by atoms with Crippen LogP contribution in [0.1, 0.15) is 6.92 Å². The summed E-state index contributed by atoms with van der Waals surface area (Å²) in [5.74, 6) is 0.541. The van der Waals surface area contributed by atoms with Crippen LogP contribution in [-0.2, 0) is 4.79 Å². The van der Waals surface area contributed by atoms with E-state index in [0.29, 0.717) is 17.1 Å². The number of ether oxygens (including phenoxy) is 1. The van der Waals surface area contributed by atoms with Gasteiger partial charge in [0.15, 0.2) is 6.73 Å². The van der Waals surface area contributed by atoms with Crippen molar-refractivity contribution in [3.8, 4) is 5.75 Å². The summed E-state index contributed by atoms with van der Waals surface area (Å²) in [7, 11) is 0. The average Bonchev–Trinajstić information content (AvgIpc) is 2.50. The van der Waals surface area contributed by atoms with Crippen LogP contribution in [0.25, 0.3) is 0 Å². The molecule has 0 spiro atoms. The number of amides is 3. The highest BCUT2D eigenvalue weighted by Crippen LogP contribution is 2.13. The van der Waals surface area contributed by atoms with Crippen molar-refractivity contribution in [1.29, 1.82) is 0 Å². The minimum atomic E-state index is -0.372. The smallest absolute Gasteiger partial charge is 0.321 e. The fourth-order valence-electron chi connectivity index (χ4n) is 1.72. The maximum absolute atomic E-state index is 11.7. The summed E-state index contributed by atoms with van der Waals surface area (Å²) in [6, 6.07) is 15.6. The Bertz CT molecular complexity index is 627. The van der Waals surface area contributed by atoms with Gasteiger partial charge in [0.1, 0.15) is 5.75 Å². The summed E-state index contributed by atoms with van der Waals surface area (Å²) >= 11 is 0. The van der Waals surface area contributed by atoms with E-state index in [0.717, 1.165) is 0 Å². The Balaban J connectivity index is 1.75. The van der Waals surface area contributed by atoms with Gasteiger partial charge < -0.3 is 20.7 Å². The molecule has 0 aliphatic heterocycles. The summed E-state index contributed by atoms with van der Waals surface area (Å²) in [5, 5.41) is 7.90. The van der Waals surface area contributed by atoms with Crippen molar-refractivity contribution < 1.29 is 14.3 Å². The van der Waals surface area contributed by atoms with E-state index in [4.69, 9.17) is 4.74 Å². The first-order valence-corrected chi connectivity index (χ1v) is 6.74. The Morgan fingerprint density at radius 2 is 1.50 bits per heavy atom. The number of anilines is 2. The third-order valence-electron chi connectivity index (χ3n) is 2.68. The van der Waals surface area contributed by atoms with Gasteiger partial charge in [-0.1, -0.05) is 18.2 Å². The monoisotopic (exact) mass is 299 g/mol. The maximum atomic E-state index is 11.7. The summed E-state index contributed by atoms with van der Waals surface area (Å²) in [5.41, 5.74) is 1.29. The van der Waals surface area contributed by atoms with Crippen LogP contribution in [-0.4, -0.2) is 18.7 Å². The van der Waals surface area contributed by atoms with Gasteiger partial charge in [0.05, 0.1) is 0 Å². The number of benzene rings is 2. The molecule has 0 radical (unpaired) electrons. The molecule has 0 unspecified atom stereocenters. The zero-order chi connectivity index (χ0) is 15.8. The van der Waals surface area contributed by atoms with E-state index in [2.05, 4.69) is 16.0 Å². The first-order valence-electron chi connectivity index (χ1n) is 6.74. The molecule has 114 valence electrons. The molecule has 0 heterocycles. The van der Waals surface area contributed by atoms with E-state index in [9.17, 15) is 9.59 Å². The van der Waals surface area contributed by atoms with Crippen molar-refractivity contribution in [3.05, 3.63) is 54.6 Å². The van der Waals surface area contributed by atoms with E-state index in [1.54, 1.807) is 36.4 Å². The highest BCUT2D eigenvalue weighted by Gasteiger charge is 2.02. The minimum absolute atomic E-state index is 0.0693. The molecule has 0 bridgehead atoms. The normalized spacial score (nSPS) is 9.68. The minimum Gasteiger partial charge on any atom is -0.473 e. The summed E-state index contributed by atoms with van der Waals surface area (Å²) in [6.45, 7) is 1.51. The molecule has 0 saturated heterocycles. The van der Waals surface area contributed by atoms with E-state index < -0.39 is 0 Å². The van der Waals surface area contributed by atoms with Crippen molar-refractivity contribution in [2.24, 2.45) is 0 Å².